The zero-order valence-electron chi connectivity index (χ0n) is 10.3. The molecule has 0 amide bonds. The molecule has 0 spiro atoms. The predicted octanol–water partition coefficient (Wildman–Crippen LogP) is 3.82. The SMILES string of the molecule is CCNCc1ccc(CSc2ccccc2F)o1. The lowest BCUT2D eigenvalue weighted by Crippen LogP contribution is -2.10. The Kier molecular flexibility index (Phi) is 4.84. The van der Waals surface area contributed by atoms with Crippen LogP contribution in [-0.4, -0.2) is 6.54 Å². The fourth-order valence-corrected chi connectivity index (χ4v) is 2.39. The first-order valence-electron chi connectivity index (χ1n) is 5.95. The number of thioether (sulfide) groups is 1. The number of hydrogen-bond donors (Lipinski definition) is 1. The molecule has 0 unspecified atom stereocenters. The van der Waals surface area contributed by atoms with Crippen LogP contribution in [0, 0.1) is 5.82 Å². The van der Waals surface area contributed by atoms with Gasteiger partial charge < -0.3 is 9.73 Å². The van der Waals surface area contributed by atoms with Gasteiger partial charge >= 0.3 is 0 Å². The molecule has 1 heterocycles. The smallest absolute Gasteiger partial charge is 0.136 e. The topological polar surface area (TPSA) is 25.2 Å². The van der Waals surface area contributed by atoms with E-state index in [-0.39, 0.29) is 5.82 Å². The van der Waals surface area contributed by atoms with Gasteiger partial charge in [-0.05, 0) is 30.8 Å². The number of halogens is 1. The van der Waals surface area contributed by atoms with Crippen LogP contribution in [0.3, 0.4) is 0 Å². The van der Waals surface area contributed by atoms with E-state index in [4.69, 9.17) is 4.42 Å². The molecule has 18 heavy (non-hydrogen) atoms. The van der Waals surface area contributed by atoms with E-state index < -0.39 is 0 Å². The van der Waals surface area contributed by atoms with Crippen molar-refractivity contribution in [3.05, 3.63) is 53.7 Å². The molecule has 0 bridgehead atoms. The summed E-state index contributed by atoms with van der Waals surface area (Å²) in [6.45, 7) is 3.71. The van der Waals surface area contributed by atoms with E-state index in [1.165, 1.54) is 17.8 Å². The van der Waals surface area contributed by atoms with Crippen LogP contribution in [-0.2, 0) is 12.3 Å². The third-order valence-corrected chi connectivity index (χ3v) is 3.54. The standard InChI is InChI=1S/C14H16FNOS/c1-2-16-9-11-7-8-12(17-11)10-18-14-6-4-3-5-13(14)15/h3-8,16H,2,9-10H2,1H3. The molecular formula is C14H16FNOS. The summed E-state index contributed by atoms with van der Waals surface area (Å²) in [5, 5.41) is 3.20. The van der Waals surface area contributed by atoms with Gasteiger partial charge in [0.2, 0.25) is 0 Å². The van der Waals surface area contributed by atoms with E-state index >= 15 is 0 Å². The zero-order chi connectivity index (χ0) is 12.8. The van der Waals surface area contributed by atoms with Gasteiger partial charge in [0.15, 0.2) is 0 Å². The largest absolute Gasteiger partial charge is 0.464 e. The number of hydrogen-bond acceptors (Lipinski definition) is 3. The van der Waals surface area contributed by atoms with Crippen molar-refractivity contribution in [3.8, 4) is 0 Å². The molecule has 0 saturated carbocycles. The van der Waals surface area contributed by atoms with Crippen molar-refractivity contribution in [3.63, 3.8) is 0 Å². The first-order valence-corrected chi connectivity index (χ1v) is 6.93. The lowest BCUT2D eigenvalue weighted by atomic mass is 10.3. The molecule has 2 rings (SSSR count). The molecule has 0 aliphatic rings. The van der Waals surface area contributed by atoms with Crippen LogP contribution in [0.5, 0.6) is 0 Å². The second-order valence-electron chi connectivity index (χ2n) is 3.87. The Labute approximate surface area is 111 Å². The molecule has 1 N–H and O–H groups in total. The third kappa shape index (κ3) is 3.62. The lowest BCUT2D eigenvalue weighted by Gasteiger charge is -2.01. The summed E-state index contributed by atoms with van der Waals surface area (Å²) in [6.07, 6.45) is 0. The van der Waals surface area contributed by atoms with Gasteiger partial charge in [-0.2, -0.15) is 0 Å². The van der Waals surface area contributed by atoms with Crippen LogP contribution in [0.15, 0.2) is 45.7 Å². The number of rotatable bonds is 6. The molecule has 0 radical (unpaired) electrons. The molecule has 0 saturated heterocycles. The monoisotopic (exact) mass is 265 g/mol. The third-order valence-electron chi connectivity index (χ3n) is 2.47. The Morgan fingerprint density at radius 1 is 1.17 bits per heavy atom. The summed E-state index contributed by atoms with van der Waals surface area (Å²) in [5.41, 5.74) is 0. The van der Waals surface area contributed by atoms with E-state index in [1.54, 1.807) is 12.1 Å². The quantitative estimate of drug-likeness (QED) is 0.804. The Morgan fingerprint density at radius 2 is 1.94 bits per heavy atom. The van der Waals surface area contributed by atoms with Gasteiger partial charge in [-0.15, -0.1) is 11.8 Å². The van der Waals surface area contributed by atoms with Crippen LogP contribution in [0.4, 0.5) is 4.39 Å². The highest BCUT2D eigenvalue weighted by atomic mass is 32.2. The van der Waals surface area contributed by atoms with E-state index in [0.29, 0.717) is 10.6 Å². The molecule has 1 aromatic carbocycles. The van der Waals surface area contributed by atoms with Crippen molar-refractivity contribution < 1.29 is 8.81 Å². The molecular weight excluding hydrogens is 249 g/mol. The summed E-state index contributed by atoms with van der Waals surface area (Å²) in [6, 6.07) is 10.7. The van der Waals surface area contributed by atoms with E-state index in [2.05, 4.69) is 12.2 Å². The van der Waals surface area contributed by atoms with E-state index in [1.807, 2.05) is 18.2 Å². The summed E-state index contributed by atoms with van der Waals surface area (Å²) < 4.78 is 19.0. The average Bonchev–Trinajstić information content (AvgIpc) is 2.83. The highest BCUT2D eigenvalue weighted by molar-refractivity contribution is 7.98. The molecule has 0 atom stereocenters. The number of benzene rings is 1. The van der Waals surface area contributed by atoms with Crippen LogP contribution >= 0.6 is 11.8 Å². The fourth-order valence-electron chi connectivity index (χ4n) is 1.55. The van der Waals surface area contributed by atoms with Gasteiger partial charge in [-0.25, -0.2) is 4.39 Å². The Hall–Kier alpha value is -1.26. The molecule has 0 aliphatic carbocycles. The summed E-state index contributed by atoms with van der Waals surface area (Å²) in [7, 11) is 0. The van der Waals surface area contributed by atoms with Gasteiger partial charge in [-0.3, -0.25) is 0 Å². The predicted molar refractivity (Wildman–Crippen MR) is 72.0 cm³/mol. The van der Waals surface area contributed by atoms with Crippen molar-refractivity contribution in [2.75, 3.05) is 6.54 Å². The minimum absolute atomic E-state index is 0.179. The van der Waals surface area contributed by atoms with Gasteiger partial charge in [0.1, 0.15) is 17.3 Å². The van der Waals surface area contributed by atoms with Crippen molar-refractivity contribution in [2.45, 2.75) is 24.1 Å². The Balaban J connectivity index is 1.90. The molecule has 1 aromatic heterocycles. The van der Waals surface area contributed by atoms with Crippen molar-refractivity contribution in [1.29, 1.82) is 0 Å². The summed E-state index contributed by atoms with van der Waals surface area (Å²) >= 11 is 1.45. The zero-order valence-corrected chi connectivity index (χ0v) is 11.1. The van der Waals surface area contributed by atoms with Gasteiger partial charge in [0, 0.05) is 4.90 Å². The normalized spacial score (nSPS) is 10.8. The first-order chi connectivity index (χ1) is 8.79. The van der Waals surface area contributed by atoms with Crippen LogP contribution in [0.1, 0.15) is 18.4 Å². The molecule has 4 heteroatoms. The minimum Gasteiger partial charge on any atom is -0.464 e. The average molecular weight is 265 g/mol. The van der Waals surface area contributed by atoms with Gasteiger partial charge in [0.05, 0.1) is 12.3 Å². The molecule has 2 nitrogen and oxygen atoms in total. The fraction of sp³-hybridized carbons (Fsp3) is 0.286. The van der Waals surface area contributed by atoms with Crippen LogP contribution in [0.25, 0.3) is 0 Å². The Morgan fingerprint density at radius 3 is 2.72 bits per heavy atom. The highest BCUT2D eigenvalue weighted by Gasteiger charge is 2.05. The maximum absolute atomic E-state index is 13.4. The van der Waals surface area contributed by atoms with Gasteiger partial charge in [-0.1, -0.05) is 19.1 Å². The van der Waals surface area contributed by atoms with Crippen molar-refractivity contribution in [2.24, 2.45) is 0 Å². The molecule has 2 aromatic rings. The van der Waals surface area contributed by atoms with Crippen molar-refractivity contribution >= 4 is 11.8 Å². The number of furan rings is 1. The lowest BCUT2D eigenvalue weighted by molar-refractivity contribution is 0.462. The van der Waals surface area contributed by atoms with Crippen LogP contribution in [0.2, 0.25) is 0 Å². The van der Waals surface area contributed by atoms with E-state index in [9.17, 15) is 4.39 Å². The summed E-state index contributed by atoms with van der Waals surface area (Å²) in [5.74, 6) is 2.26. The number of nitrogens with one attached hydrogen (secondary N) is 1. The first kappa shape index (κ1) is 13.2. The molecule has 96 valence electrons. The molecule has 0 fully saturated rings. The van der Waals surface area contributed by atoms with E-state index in [0.717, 1.165) is 24.6 Å². The van der Waals surface area contributed by atoms with Crippen LogP contribution < -0.4 is 5.32 Å². The van der Waals surface area contributed by atoms with Crippen molar-refractivity contribution in [1.82, 2.24) is 5.32 Å². The minimum atomic E-state index is -0.179. The maximum Gasteiger partial charge on any atom is 0.136 e. The van der Waals surface area contributed by atoms with Gasteiger partial charge in [0.25, 0.3) is 0 Å². The second-order valence-corrected chi connectivity index (χ2v) is 4.88. The Bertz CT molecular complexity index is 498. The maximum atomic E-state index is 13.4. The summed E-state index contributed by atoms with van der Waals surface area (Å²) in [4.78, 5) is 0.655. The highest BCUT2D eigenvalue weighted by Crippen LogP contribution is 2.25. The second kappa shape index (κ2) is 6.61. The molecule has 0 aliphatic heterocycles.